The van der Waals surface area contributed by atoms with Gasteiger partial charge in [0.15, 0.2) is 0 Å². The molecule has 194 valence electrons. The number of hydrogen-bond acceptors (Lipinski definition) is 7. The van der Waals surface area contributed by atoms with Crippen LogP contribution >= 0.6 is 0 Å². The summed E-state index contributed by atoms with van der Waals surface area (Å²) in [6.45, 7) is 7.26. The molecule has 3 N–H and O–H groups in total. The van der Waals surface area contributed by atoms with E-state index in [0.717, 1.165) is 24.5 Å². The highest BCUT2D eigenvalue weighted by Gasteiger charge is 2.16. The van der Waals surface area contributed by atoms with E-state index in [2.05, 4.69) is 37.4 Å². The average Bonchev–Trinajstić information content (AvgIpc) is 2.94. The summed E-state index contributed by atoms with van der Waals surface area (Å²) in [6.07, 6.45) is 3.28. The van der Waals surface area contributed by atoms with Crippen LogP contribution in [0.2, 0.25) is 0 Å². The van der Waals surface area contributed by atoms with Gasteiger partial charge in [-0.1, -0.05) is 18.2 Å². The number of benzene rings is 3. The Hall–Kier alpha value is -4.50. The fourth-order valence-electron chi connectivity index (χ4n) is 4.20. The van der Waals surface area contributed by atoms with Gasteiger partial charge in [-0.2, -0.15) is 0 Å². The minimum atomic E-state index is -0.449. The number of anilines is 6. The molecule has 9 heteroatoms. The number of morpholine rings is 1. The third-order valence-corrected chi connectivity index (χ3v) is 6.04. The highest BCUT2D eigenvalue weighted by Crippen LogP contribution is 2.33. The lowest BCUT2D eigenvalue weighted by atomic mass is 10.1. The summed E-state index contributed by atoms with van der Waals surface area (Å²) in [5, 5.41) is 9.55. The second kappa shape index (κ2) is 11.7. The molecular weight excluding hydrogens is 486 g/mol. The van der Waals surface area contributed by atoms with Gasteiger partial charge in [0.2, 0.25) is 5.95 Å². The molecule has 1 fully saturated rings. The molecule has 4 aromatic rings. The van der Waals surface area contributed by atoms with E-state index < -0.39 is 11.6 Å². The standard InChI is InChI=1S/C29H28F2N6O/c1-2-11-32-21-9-10-26(31)25(18-21)28-27(34-22-6-3-5-20(30)16-22)19-33-29(36-28)35-23-7-4-8-24(17-23)37-12-14-38-15-13-37/h2-10,16-19,32,34H,1,11-15H2,(H,33,35,36). The van der Waals surface area contributed by atoms with E-state index in [-0.39, 0.29) is 5.56 Å². The molecule has 0 bridgehead atoms. The summed E-state index contributed by atoms with van der Waals surface area (Å²) < 4.78 is 34.4. The normalized spacial score (nSPS) is 13.2. The molecule has 7 nitrogen and oxygen atoms in total. The zero-order valence-electron chi connectivity index (χ0n) is 20.8. The Morgan fingerprint density at radius 3 is 2.50 bits per heavy atom. The van der Waals surface area contributed by atoms with E-state index in [4.69, 9.17) is 4.74 Å². The van der Waals surface area contributed by atoms with Gasteiger partial charge in [0, 0.05) is 47.9 Å². The van der Waals surface area contributed by atoms with Crippen molar-refractivity contribution in [3.8, 4) is 11.3 Å². The Morgan fingerprint density at radius 2 is 1.71 bits per heavy atom. The first-order valence-corrected chi connectivity index (χ1v) is 12.3. The van der Waals surface area contributed by atoms with E-state index in [1.807, 2.05) is 24.3 Å². The maximum Gasteiger partial charge on any atom is 0.227 e. The van der Waals surface area contributed by atoms with Gasteiger partial charge in [-0.15, -0.1) is 6.58 Å². The molecular formula is C29H28F2N6O. The van der Waals surface area contributed by atoms with Crippen LogP contribution < -0.4 is 20.9 Å². The molecule has 0 spiro atoms. The van der Waals surface area contributed by atoms with Crippen LogP contribution in [0.5, 0.6) is 0 Å². The summed E-state index contributed by atoms with van der Waals surface area (Å²) in [4.78, 5) is 11.4. The quantitative estimate of drug-likeness (QED) is 0.225. The number of ether oxygens (including phenoxy) is 1. The number of rotatable bonds is 9. The Morgan fingerprint density at radius 1 is 0.921 bits per heavy atom. The summed E-state index contributed by atoms with van der Waals surface area (Å²) in [5.41, 5.74) is 4.10. The van der Waals surface area contributed by atoms with Crippen molar-refractivity contribution in [3.63, 3.8) is 0 Å². The summed E-state index contributed by atoms with van der Waals surface area (Å²) in [7, 11) is 0. The molecule has 2 heterocycles. The van der Waals surface area contributed by atoms with Gasteiger partial charge in [-0.3, -0.25) is 0 Å². The van der Waals surface area contributed by atoms with Gasteiger partial charge < -0.3 is 25.6 Å². The van der Waals surface area contributed by atoms with Gasteiger partial charge in [-0.05, 0) is 54.6 Å². The van der Waals surface area contributed by atoms with Crippen molar-refractivity contribution in [2.24, 2.45) is 0 Å². The summed E-state index contributed by atoms with van der Waals surface area (Å²) in [6, 6.07) is 18.7. The van der Waals surface area contributed by atoms with E-state index >= 15 is 4.39 Å². The molecule has 0 saturated carbocycles. The second-order valence-electron chi connectivity index (χ2n) is 8.73. The molecule has 0 aliphatic carbocycles. The van der Waals surface area contributed by atoms with Crippen molar-refractivity contribution in [3.05, 3.63) is 97.2 Å². The molecule has 0 radical (unpaired) electrons. The van der Waals surface area contributed by atoms with Crippen molar-refractivity contribution in [2.45, 2.75) is 0 Å². The van der Waals surface area contributed by atoms with Crippen LogP contribution in [-0.2, 0) is 4.74 Å². The maximum atomic E-state index is 15.1. The predicted molar refractivity (Wildman–Crippen MR) is 149 cm³/mol. The lowest BCUT2D eigenvalue weighted by Gasteiger charge is -2.29. The Balaban J connectivity index is 1.50. The molecule has 1 saturated heterocycles. The number of nitrogens with zero attached hydrogens (tertiary/aromatic N) is 3. The first kappa shape index (κ1) is 25.2. The van der Waals surface area contributed by atoms with Crippen molar-refractivity contribution in [1.82, 2.24) is 9.97 Å². The van der Waals surface area contributed by atoms with Gasteiger partial charge in [0.25, 0.3) is 0 Å². The van der Waals surface area contributed by atoms with Gasteiger partial charge in [0.1, 0.15) is 17.3 Å². The van der Waals surface area contributed by atoms with E-state index in [1.54, 1.807) is 36.5 Å². The lowest BCUT2D eigenvalue weighted by molar-refractivity contribution is 0.122. The smallest absolute Gasteiger partial charge is 0.227 e. The molecule has 5 rings (SSSR count). The Kier molecular flexibility index (Phi) is 7.75. The molecule has 0 atom stereocenters. The SMILES string of the molecule is C=CCNc1ccc(F)c(-c2nc(Nc3cccc(N4CCOCC4)c3)ncc2Nc2cccc(F)c2)c1. The highest BCUT2D eigenvalue weighted by atomic mass is 19.1. The third-order valence-electron chi connectivity index (χ3n) is 6.04. The second-order valence-corrected chi connectivity index (χ2v) is 8.73. The number of nitrogens with one attached hydrogen (secondary N) is 3. The van der Waals surface area contributed by atoms with Crippen LogP contribution in [0.25, 0.3) is 11.3 Å². The first-order chi connectivity index (χ1) is 18.6. The Labute approximate surface area is 220 Å². The fourth-order valence-corrected chi connectivity index (χ4v) is 4.20. The number of hydrogen-bond donors (Lipinski definition) is 3. The lowest BCUT2D eigenvalue weighted by Crippen LogP contribution is -2.36. The molecule has 1 aliphatic heterocycles. The minimum Gasteiger partial charge on any atom is -0.382 e. The Bertz CT molecular complexity index is 1420. The summed E-state index contributed by atoms with van der Waals surface area (Å²) in [5.74, 6) is -0.541. The molecule has 38 heavy (non-hydrogen) atoms. The van der Waals surface area contributed by atoms with Crippen molar-refractivity contribution in [1.29, 1.82) is 0 Å². The largest absolute Gasteiger partial charge is 0.382 e. The van der Waals surface area contributed by atoms with Crippen LogP contribution in [0.1, 0.15) is 0 Å². The monoisotopic (exact) mass is 514 g/mol. The first-order valence-electron chi connectivity index (χ1n) is 12.3. The van der Waals surface area contributed by atoms with Crippen LogP contribution in [-0.4, -0.2) is 42.8 Å². The molecule has 1 aromatic heterocycles. The van der Waals surface area contributed by atoms with Gasteiger partial charge in [-0.25, -0.2) is 18.7 Å². The fraction of sp³-hybridized carbons (Fsp3) is 0.172. The zero-order chi connectivity index (χ0) is 26.3. The molecule has 0 amide bonds. The number of aromatic nitrogens is 2. The van der Waals surface area contributed by atoms with Crippen molar-refractivity contribution in [2.75, 3.05) is 53.7 Å². The van der Waals surface area contributed by atoms with Crippen LogP contribution in [0.4, 0.5) is 43.2 Å². The van der Waals surface area contributed by atoms with E-state index in [0.29, 0.717) is 48.5 Å². The van der Waals surface area contributed by atoms with E-state index in [1.165, 1.54) is 18.2 Å². The van der Waals surface area contributed by atoms with Crippen LogP contribution in [0.3, 0.4) is 0 Å². The van der Waals surface area contributed by atoms with Gasteiger partial charge >= 0.3 is 0 Å². The molecule has 1 aliphatic rings. The predicted octanol–water partition coefficient (Wildman–Crippen LogP) is 6.34. The number of halogens is 2. The summed E-state index contributed by atoms with van der Waals surface area (Å²) >= 11 is 0. The van der Waals surface area contributed by atoms with Crippen LogP contribution in [0, 0.1) is 11.6 Å². The van der Waals surface area contributed by atoms with Crippen LogP contribution in [0.15, 0.2) is 85.6 Å². The van der Waals surface area contributed by atoms with Crippen molar-refractivity contribution < 1.29 is 13.5 Å². The van der Waals surface area contributed by atoms with E-state index in [9.17, 15) is 4.39 Å². The molecule has 3 aromatic carbocycles. The minimum absolute atomic E-state index is 0.269. The third kappa shape index (κ3) is 6.07. The zero-order valence-corrected chi connectivity index (χ0v) is 20.8. The maximum absolute atomic E-state index is 15.1. The average molecular weight is 515 g/mol. The topological polar surface area (TPSA) is 74.3 Å². The van der Waals surface area contributed by atoms with Gasteiger partial charge in [0.05, 0.1) is 25.1 Å². The van der Waals surface area contributed by atoms with Crippen molar-refractivity contribution >= 4 is 34.4 Å². The highest BCUT2D eigenvalue weighted by molar-refractivity contribution is 5.80. The molecule has 0 unspecified atom stereocenters.